The van der Waals surface area contributed by atoms with Crippen LogP contribution in [0.4, 0.5) is 0 Å². The Morgan fingerprint density at radius 1 is 1.44 bits per heavy atom. The first kappa shape index (κ1) is 13.8. The molecule has 0 amide bonds. The van der Waals surface area contributed by atoms with Gasteiger partial charge in [-0.3, -0.25) is 0 Å². The molecule has 2 nitrogen and oxygen atoms in total. The highest BCUT2D eigenvalue weighted by molar-refractivity contribution is 7.99. The molecule has 0 bridgehead atoms. The van der Waals surface area contributed by atoms with Gasteiger partial charge in [0.15, 0.2) is 0 Å². The number of fused-ring (bicyclic) bond motifs is 1. The van der Waals surface area contributed by atoms with Gasteiger partial charge >= 0.3 is 0 Å². The predicted molar refractivity (Wildman–Crippen MR) is 79.7 cm³/mol. The fourth-order valence-corrected chi connectivity index (χ4v) is 3.32. The first-order valence-electron chi connectivity index (χ1n) is 6.79. The molecule has 0 radical (unpaired) electrons. The smallest absolute Gasteiger partial charge is 0.127 e. The Balaban J connectivity index is 2.10. The highest BCUT2D eigenvalue weighted by atomic mass is 32.2. The van der Waals surface area contributed by atoms with E-state index in [1.165, 1.54) is 17.5 Å². The molecule has 1 N–H and O–H groups in total. The molecular weight excluding hydrogens is 242 g/mol. The molecule has 1 heterocycles. The summed E-state index contributed by atoms with van der Waals surface area (Å²) in [5, 5.41) is 4.15. The molecule has 2 rings (SSSR count). The van der Waals surface area contributed by atoms with Gasteiger partial charge in [0, 0.05) is 29.0 Å². The summed E-state index contributed by atoms with van der Waals surface area (Å²) in [5.74, 6) is 2.23. The molecule has 1 aromatic carbocycles. The number of hydrogen-bond acceptors (Lipinski definition) is 3. The Morgan fingerprint density at radius 2 is 2.28 bits per heavy atom. The Bertz CT molecular complexity index is 394. The first-order chi connectivity index (χ1) is 8.76. The normalized spacial score (nSPS) is 17.1. The van der Waals surface area contributed by atoms with Crippen LogP contribution in [0.5, 0.6) is 5.75 Å². The standard InChI is InChI=1S/C15H23NOS/c1-4-11(2)18-10-14(16-3)13-7-5-6-12-8-9-17-15(12)13/h5-7,11,14,16H,4,8-10H2,1-3H3. The number of ether oxygens (including phenoxy) is 1. The van der Waals surface area contributed by atoms with Gasteiger partial charge in [-0.05, 0) is 19.0 Å². The molecule has 0 saturated carbocycles. The van der Waals surface area contributed by atoms with Gasteiger partial charge < -0.3 is 10.1 Å². The van der Waals surface area contributed by atoms with Crippen molar-refractivity contribution in [2.24, 2.45) is 0 Å². The van der Waals surface area contributed by atoms with Gasteiger partial charge in [-0.2, -0.15) is 11.8 Å². The molecule has 100 valence electrons. The molecule has 18 heavy (non-hydrogen) atoms. The van der Waals surface area contributed by atoms with Gasteiger partial charge in [0.2, 0.25) is 0 Å². The summed E-state index contributed by atoms with van der Waals surface area (Å²) in [5.41, 5.74) is 2.68. The number of thioether (sulfide) groups is 1. The minimum Gasteiger partial charge on any atom is -0.493 e. The summed E-state index contributed by atoms with van der Waals surface area (Å²) in [6, 6.07) is 6.92. The van der Waals surface area contributed by atoms with Crippen molar-refractivity contribution in [2.45, 2.75) is 38.0 Å². The zero-order valence-electron chi connectivity index (χ0n) is 11.5. The van der Waals surface area contributed by atoms with Crippen molar-refractivity contribution in [2.75, 3.05) is 19.4 Å². The molecule has 1 aromatic rings. The van der Waals surface area contributed by atoms with Crippen molar-refractivity contribution >= 4 is 11.8 Å². The van der Waals surface area contributed by atoms with Gasteiger partial charge in [0.25, 0.3) is 0 Å². The van der Waals surface area contributed by atoms with Crippen molar-refractivity contribution in [1.82, 2.24) is 5.32 Å². The lowest BCUT2D eigenvalue weighted by atomic mass is 10.0. The quantitative estimate of drug-likeness (QED) is 0.851. The Hall–Kier alpha value is -0.670. The Kier molecular flexibility index (Phi) is 4.95. The van der Waals surface area contributed by atoms with E-state index in [0.29, 0.717) is 6.04 Å². The maximum absolute atomic E-state index is 5.80. The Morgan fingerprint density at radius 3 is 3.00 bits per heavy atom. The van der Waals surface area contributed by atoms with Crippen LogP contribution in [-0.2, 0) is 6.42 Å². The van der Waals surface area contributed by atoms with E-state index >= 15 is 0 Å². The number of benzene rings is 1. The van der Waals surface area contributed by atoms with Crippen LogP contribution < -0.4 is 10.1 Å². The maximum atomic E-state index is 5.80. The largest absolute Gasteiger partial charge is 0.493 e. The fourth-order valence-electron chi connectivity index (χ4n) is 2.22. The molecule has 1 aliphatic heterocycles. The van der Waals surface area contributed by atoms with Crippen molar-refractivity contribution in [3.63, 3.8) is 0 Å². The minimum atomic E-state index is 0.386. The van der Waals surface area contributed by atoms with Gasteiger partial charge in [0.05, 0.1) is 6.61 Å². The van der Waals surface area contributed by atoms with E-state index < -0.39 is 0 Å². The highest BCUT2D eigenvalue weighted by Crippen LogP contribution is 2.35. The zero-order chi connectivity index (χ0) is 13.0. The van der Waals surface area contributed by atoms with Crippen LogP contribution >= 0.6 is 11.8 Å². The topological polar surface area (TPSA) is 21.3 Å². The second-order valence-electron chi connectivity index (χ2n) is 4.83. The number of nitrogens with one attached hydrogen (secondary N) is 1. The zero-order valence-corrected chi connectivity index (χ0v) is 12.3. The van der Waals surface area contributed by atoms with Crippen LogP contribution in [0.1, 0.15) is 37.4 Å². The minimum absolute atomic E-state index is 0.386. The molecule has 0 saturated heterocycles. The van der Waals surface area contributed by atoms with Gasteiger partial charge in [0.1, 0.15) is 5.75 Å². The molecule has 0 aromatic heterocycles. The molecule has 1 aliphatic rings. The van der Waals surface area contributed by atoms with Gasteiger partial charge in [-0.1, -0.05) is 32.0 Å². The monoisotopic (exact) mass is 265 g/mol. The van der Waals surface area contributed by atoms with E-state index in [1.807, 2.05) is 18.8 Å². The average molecular weight is 265 g/mol. The van der Waals surface area contributed by atoms with Crippen molar-refractivity contribution < 1.29 is 4.74 Å². The predicted octanol–water partition coefficient (Wildman–Crippen LogP) is 3.41. The Labute approximate surface area is 114 Å². The maximum Gasteiger partial charge on any atom is 0.127 e. The third-order valence-electron chi connectivity index (χ3n) is 3.59. The summed E-state index contributed by atoms with van der Waals surface area (Å²) in [6.45, 7) is 5.37. The van der Waals surface area contributed by atoms with Crippen molar-refractivity contribution in [3.8, 4) is 5.75 Å². The second-order valence-corrected chi connectivity index (χ2v) is 6.30. The molecule has 2 unspecified atom stereocenters. The van der Waals surface area contributed by atoms with E-state index in [1.54, 1.807) is 0 Å². The summed E-state index contributed by atoms with van der Waals surface area (Å²) in [4.78, 5) is 0. The first-order valence-corrected chi connectivity index (χ1v) is 7.84. The van der Waals surface area contributed by atoms with E-state index in [2.05, 4.69) is 37.4 Å². The van der Waals surface area contributed by atoms with Gasteiger partial charge in [-0.25, -0.2) is 0 Å². The lowest BCUT2D eigenvalue weighted by Crippen LogP contribution is -2.20. The average Bonchev–Trinajstić information content (AvgIpc) is 2.88. The highest BCUT2D eigenvalue weighted by Gasteiger charge is 2.21. The fraction of sp³-hybridized carbons (Fsp3) is 0.600. The number of rotatable bonds is 6. The summed E-state index contributed by atoms with van der Waals surface area (Å²) in [7, 11) is 2.04. The summed E-state index contributed by atoms with van der Waals surface area (Å²) >= 11 is 2.03. The molecule has 2 atom stereocenters. The van der Waals surface area contributed by atoms with Crippen LogP contribution in [0.2, 0.25) is 0 Å². The molecule has 0 fully saturated rings. The van der Waals surface area contributed by atoms with Crippen LogP contribution in [0.25, 0.3) is 0 Å². The summed E-state index contributed by atoms with van der Waals surface area (Å²) < 4.78 is 5.80. The van der Waals surface area contributed by atoms with Crippen LogP contribution in [0.15, 0.2) is 18.2 Å². The SMILES string of the molecule is CCC(C)SCC(NC)c1cccc2c1OCC2. The third-order valence-corrected chi connectivity index (χ3v) is 5.02. The van der Waals surface area contributed by atoms with Crippen LogP contribution in [0.3, 0.4) is 0 Å². The number of hydrogen-bond donors (Lipinski definition) is 1. The third kappa shape index (κ3) is 3.01. The second kappa shape index (κ2) is 6.48. The van der Waals surface area contributed by atoms with E-state index in [-0.39, 0.29) is 0 Å². The molecule has 0 aliphatic carbocycles. The molecule has 3 heteroatoms. The van der Waals surface area contributed by atoms with Crippen molar-refractivity contribution in [1.29, 1.82) is 0 Å². The number of para-hydroxylation sites is 1. The van der Waals surface area contributed by atoms with Crippen LogP contribution in [-0.4, -0.2) is 24.7 Å². The van der Waals surface area contributed by atoms with E-state index in [4.69, 9.17) is 4.74 Å². The van der Waals surface area contributed by atoms with E-state index in [0.717, 1.165) is 29.8 Å². The van der Waals surface area contributed by atoms with E-state index in [9.17, 15) is 0 Å². The molecule has 0 spiro atoms. The lowest BCUT2D eigenvalue weighted by Gasteiger charge is -2.20. The van der Waals surface area contributed by atoms with Crippen LogP contribution in [0, 0.1) is 0 Å². The summed E-state index contributed by atoms with van der Waals surface area (Å²) in [6.07, 6.45) is 2.28. The van der Waals surface area contributed by atoms with Gasteiger partial charge in [-0.15, -0.1) is 0 Å². The lowest BCUT2D eigenvalue weighted by molar-refractivity contribution is 0.350. The van der Waals surface area contributed by atoms with Crippen molar-refractivity contribution in [3.05, 3.63) is 29.3 Å². The molecular formula is C15H23NOS.